The lowest BCUT2D eigenvalue weighted by Crippen LogP contribution is -2.32. The first-order valence-corrected chi connectivity index (χ1v) is 4.44. The Bertz CT molecular complexity index is 243. The molecule has 0 aromatic rings. The van der Waals surface area contributed by atoms with Gasteiger partial charge in [-0.15, -0.1) is 0 Å². The third-order valence-electron chi connectivity index (χ3n) is 1.99. The third-order valence-corrected chi connectivity index (χ3v) is 1.99. The van der Waals surface area contributed by atoms with Crippen LogP contribution in [0.1, 0.15) is 34.6 Å². The van der Waals surface area contributed by atoms with E-state index >= 15 is 0 Å². The maximum Gasteiger partial charge on any atom is 0.253 e. The minimum absolute atomic E-state index is 0. The van der Waals surface area contributed by atoms with Crippen molar-refractivity contribution in [3.05, 3.63) is 12.2 Å². The highest BCUT2D eigenvalue weighted by Gasteiger charge is 2.24. The lowest BCUT2D eigenvalue weighted by molar-refractivity contribution is -0.137. The van der Waals surface area contributed by atoms with Crippen LogP contribution in [0.5, 0.6) is 0 Å². The number of hydrogen-bond donors (Lipinski definition) is 0. The van der Waals surface area contributed by atoms with E-state index in [2.05, 4.69) is 20.8 Å². The fourth-order valence-corrected chi connectivity index (χ4v) is 1.10. The Morgan fingerprint density at radius 2 is 1.57 bits per heavy atom. The second kappa shape index (κ2) is 4.40. The Morgan fingerprint density at radius 3 is 1.93 bits per heavy atom. The summed E-state index contributed by atoms with van der Waals surface area (Å²) in [7, 11) is 0. The number of amides is 2. The van der Waals surface area contributed by atoms with Gasteiger partial charge in [-0.05, 0) is 11.8 Å². The Morgan fingerprint density at radius 1 is 1.14 bits per heavy atom. The molecular formula is C11H19NO2. The van der Waals surface area contributed by atoms with E-state index < -0.39 is 0 Å². The molecule has 0 unspecified atom stereocenters. The Hall–Kier alpha value is -1.12. The van der Waals surface area contributed by atoms with Gasteiger partial charge in [-0.1, -0.05) is 28.2 Å². The molecule has 1 aliphatic rings. The van der Waals surface area contributed by atoms with Gasteiger partial charge in [0.15, 0.2) is 0 Å². The highest BCUT2D eigenvalue weighted by atomic mass is 16.2. The molecule has 0 saturated carbocycles. The second-order valence-electron chi connectivity index (χ2n) is 4.47. The lowest BCUT2D eigenvalue weighted by Gasteiger charge is -2.21. The standard InChI is InChI=1S/C10H15NO2.CH4/c1-10(2,3)6-7-11-8(12)4-5-9(11)13;/h4-5H,6-7H2,1-3H3;1H4. The van der Waals surface area contributed by atoms with E-state index in [1.165, 1.54) is 17.1 Å². The molecule has 3 heteroatoms. The molecule has 0 spiro atoms. The fraction of sp³-hybridized carbons (Fsp3) is 0.636. The van der Waals surface area contributed by atoms with Gasteiger partial charge in [-0.2, -0.15) is 0 Å². The van der Waals surface area contributed by atoms with Crippen molar-refractivity contribution in [3.63, 3.8) is 0 Å². The van der Waals surface area contributed by atoms with Gasteiger partial charge in [-0.25, -0.2) is 0 Å². The number of carbonyl (C=O) groups excluding carboxylic acids is 2. The van der Waals surface area contributed by atoms with Crippen LogP contribution in [0.15, 0.2) is 12.2 Å². The van der Waals surface area contributed by atoms with Crippen LogP contribution in [-0.4, -0.2) is 23.3 Å². The van der Waals surface area contributed by atoms with Crippen molar-refractivity contribution in [2.24, 2.45) is 5.41 Å². The molecule has 1 rings (SSSR count). The summed E-state index contributed by atoms with van der Waals surface area (Å²) >= 11 is 0. The zero-order chi connectivity index (χ0) is 10.1. The van der Waals surface area contributed by atoms with E-state index in [1.54, 1.807) is 0 Å². The van der Waals surface area contributed by atoms with Crippen molar-refractivity contribution in [1.29, 1.82) is 0 Å². The molecule has 1 heterocycles. The largest absolute Gasteiger partial charge is 0.275 e. The summed E-state index contributed by atoms with van der Waals surface area (Å²) in [6, 6.07) is 0. The Labute approximate surface area is 85.8 Å². The average Bonchev–Trinajstić information content (AvgIpc) is 2.27. The SMILES string of the molecule is C.CC(C)(C)CCN1C(=O)C=CC1=O. The van der Waals surface area contributed by atoms with Crippen LogP contribution in [0.3, 0.4) is 0 Å². The van der Waals surface area contributed by atoms with Crippen LogP contribution < -0.4 is 0 Å². The fourth-order valence-electron chi connectivity index (χ4n) is 1.10. The molecule has 2 amide bonds. The van der Waals surface area contributed by atoms with E-state index in [0.717, 1.165) is 6.42 Å². The first-order valence-electron chi connectivity index (χ1n) is 4.44. The minimum atomic E-state index is -0.186. The molecule has 0 fully saturated rings. The van der Waals surface area contributed by atoms with Crippen LogP contribution in [-0.2, 0) is 9.59 Å². The van der Waals surface area contributed by atoms with Crippen LogP contribution in [0.4, 0.5) is 0 Å². The summed E-state index contributed by atoms with van der Waals surface area (Å²) < 4.78 is 0. The minimum Gasteiger partial charge on any atom is -0.275 e. The van der Waals surface area contributed by atoms with Crippen molar-refractivity contribution in [1.82, 2.24) is 4.90 Å². The van der Waals surface area contributed by atoms with Crippen molar-refractivity contribution in [3.8, 4) is 0 Å². The summed E-state index contributed by atoms with van der Waals surface area (Å²) in [6.07, 6.45) is 3.49. The molecule has 0 saturated heterocycles. The highest BCUT2D eigenvalue weighted by Crippen LogP contribution is 2.19. The molecule has 3 nitrogen and oxygen atoms in total. The van der Waals surface area contributed by atoms with Crippen molar-refractivity contribution < 1.29 is 9.59 Å². The molecule has 0 atom stereocenters. The van der Waals surface area contributed by atoms with Gasteiger partial charge >= 0.3 is 0 Å². The summed E-state index contributed by atoms with van der Waals surface area (Å²) in [5, 5.41) is 0. The molecular weight excluding hydrogens is 178 g/mol. The van der Waals surface area contributed by atoms with Crippen molar-refractivity contribution in [2.75, 3.05) is 6.54 Å². The number of hydrogen-bond acceptors (Lipinski definition) is 2. The first kappa shape index (κ1) is 12.9. The molecule has 0 aliphatic carbocycles. The number of rotatable bonds is 2. The molecule has 0 aromatic carbocycles. The maximum atomic E-state index is 11.1. The van der Waals surface area contributed by atoms with Crippen LogP contribution in [0, 0.1) is 5.41 Å². The number of carbonyl (C=O) groups is 2. The smallest absolute Gasteiger partial charge is 0.253 e. The Kier molecular flexibility index (Phi) is 4.05. The molecule has 80 valence electrons. The van der Waals surface area contributed by atoms with Crippen LogP contribution >= 0.6 is 0 Å². The Balaban J connectivity index is 0.00000169. The van der Waals surface area contributed by atoms with Gasteiger partial charge in [0.2, 0.25) is 0 Å². The number of nitrogens with zero attached hydrogens (tertiary/aromatic N) is 1. The van der Waals surface area contributed by atoms with E-state index in [1.807, 2.05) is 0 Å². The quantitative estimate of drug-likeness (QED) is 0.635. The van der Waals surface area contributed by atoms with Gasteiger partial charge in [0, 0.05) is 18.7 Å². The monoisotopic (exact) mass is 197 g/mol. The highest BCUT2D eigenvalue weighted by molar-refractivity contribution is 6.12. The van der Waals surface area contributed by atoms with Gasteiger partial charge in [0.25, 0.3) is 11.8 Å². The summed E-state index contributed by atoms with van der Waals surface area (Å²) in [5.41, 5.74) is 0.156. The molecule has 0 N–H and O–H groups in total. The topological polar surface area (TPSA) is 37.4 Å². The summed E-state index contributed by atoms with van der Waals surface area (Å²) in [4.78, 5) is 23.5. The lowest BCUT2D eigenvalue weighted by atomic mass is 9.92. The van der Waals surface area contributed by atoms with E-state index in [0.29, 0.717) is 6.54 Å². The zero-order valence-corrected chi connectivity index (χ0v) is 8.33. The molecule has 14 heavy (non-hydrogen) atoms. The van der Waals surface area contributed by atoms with E-state index in [9.17, 15) is 9.59 Å². The molecule has 0 radical (unpaired) electrons. The predicted molar refractivity (Wildman–Crippen MR) is 56.7 cm³/mol. The molecule has 0 bridgehead atoms. The van der Waals surface area contributed by atoms with Crippen molar-refractivity contribution in [2.45, 2.75) is 34.6 Å². The van der Waals surface area contributed by atoms with Gasteiger partial charge in [0.05, 0.1) is 0 Å². The molecule has 1 aliphatic heterocycles. The van der Waals surface area contributed by atoms with Gasteiger partial charge in [-0.3, -0.25) is 14.5 Å². The normalized spacial score (nSPS) is 16.1. The van der Waals surface area contributed by atoms with Crippen LogP contribution in [0.25, 0.3) is 0 Å². The first-order chi connectivity index (χ1) is 5.90. The van der Waals surface area contributed by atoms with Crippen molar-refractivity contribution >= 4 is 11.8 Å². The predicted octanol–water partition coefficient (Wildman–Crippen LogP) is 1.98. The zero-order valence-electron chi connectivity index (χ0n) is 8.33. The van der Waals surface area contributed by atoms with Crippen LogP contribution in [0.2, 0.25) is 0 Å². The number of imide groups is 1. The summed E-state index contributed by atoms with van der Waals surface area (Å²) in [5.74, 6) is -0.372. The summed E-state index contributed by atoms with van der Waals surface area (Å²) in [6.45, 7) is 6.79. The van der Waals surface area contributed by atoms with Gasteiger partial charge in [0.1, 0.15) is 0 Å². The maximum absolute atomic E-state index is 11.1. The second-order valence-corrected chi connectivity index (χ2v) is 4.47. The van der Waals surface area contributed by atoms with Gasteiger partial charge < -0.3 is 0 Å². The van der Waals surface area contributed by atoms with E-state index in [4.69, 9.17) is 0 Å². The molecule has 0 aromatic heterocycles. The third kappa shape index (κ3) is 3.32. The average molecular weight is 197 g/mol. The van der Waals surface area contributed by atoms with E-state index in [-0.39, 0.29) is 24.7 Å².